The van der Waals surface area contributed by atoms with E-state index in [1.54, 1.807) is 36.7 Å². The number of halogens is 1. The molecule has 11 nitrogen and oxygen atoms in total. The van der Waals surface area contributed by atoms with Crippen LogP contribution in [0.15, 0.2) is 85.3 Å². The van der Waals surface area contributed by atoms with Crippen LogP contribution in [0.25, 0.3) is 39.5 Å². The molecule has 5 aromatic heterocycles. The summed E-state index contributed by atoms with van der Waals surface area (Å²) in [6, 6.07) is 23.0. The average molecular weight is 598 g/mol. The number of pyridine rings is 3. The van der Waals surface area contributed by atoms with Gasteiger partial charge >= 0.3 is 0 Å². The number of aromatic nitrogens is 7. The van der Waals surface area contributed by atoms with Crippen molar-refractivity contribution in [1.82, 2.24) is 39.4 Å². The number of nitrogens with one attached hydrogen (secondary N) is 1. The molecule has 1 aliphatic rings. The van der Waals surface area contributed by atoms with Crippen molar-refractivity contribution < 1.29 is 4.39 Å². The topological polar surface area (TPSA) is 147 Å². The number of imidazole rings is 1. The largest absolute Gasteiger partial charge is 0.383 e. The summed E-state index contributed by atoms with van der Waals surface area (Å²) in [7, 11) is 0. The molecule has 1 saturated heterocycles. The summed E-state index contributed by atoms with van der Waals surface area (Å²) in [5.41, 5.74) is 11.0. The summed E-state index contributed by atoms with van der Waals surface area (Å²) in [5.74, 6) is 1.21. The summed E-state index contributed by atoms with van der Waals surface area (Å²) < 4.78 is 16.5. The van der Waals surface area contributed by atoms with E-state index in [0.29, 0.717) is 45.4 Å². The molecule has 0 radical (unpaired) electrons. The van der Waals surface area contributed by atoms with Gasteiger partial charge in [0.15, 0.2) is 11.5 Å². The third-order valence-corrected chi connectivity index (χ3v) is 7.91. The van der Waals surface area contributed by atoms with E-state index in [2.05, 4.69) is 42.3 Å². The van der Waals surface area contributed by atoms with Crippen molar-refractivity contribution in [3.63, 3.8) is 0 Å². The fourth-order valence-corrected chi connectivity index (χ4v) is 5.66. The predicted octanol–water partition coefficient (Wildman–Crippen LogP) is 5.00. The van der Waals surface area contributed by atoms with Crippen LogP contribution in [-0.4, -0.2) is 58.5 Å². The maximum Gasteiger partial charge on any atom is 0.234 e. The highest BCUT2D eigenvalue weighted by atomic mass is 19.1. The number of likely N-dealkylation sites (tertiary alicyclic amines) is 1. The minimum atomic E-state index is -0.585. The lowest BCUT2D eigenvalue weighted by Gasteiger charge is -2.32. The number of piperidine rings is 1. The lowest BCUT2D eigenvalue weighted by Crippen LogP contribution is -2.38. The third-order valence-electron chi connectivity index (χ3n) is 7.91. The predicted molar refractivity (Wildman–Crippen MR) is 168 cm³/mol. The van der Waals surface area contributed by atoms with E-state index < -0.39 is 5.95 Å². The molecule has 1 fully saturated rings. The third kappa shape index (κ3) is 5.76. The number of nitriles is 1. The first-order valence-electron chi connectivity index (χ1n) is 14.6. The van der Waals surface area contributed by atoms with Crippen LogP contribution in [0.2, 0.25) is 0 Å². The summed E-state index contributed by atoms with van der Waals surface area (Å²) >= 11 is 0. The molecule has 6 heterocycles. The molecule has 0 bridgehead atoms. The number of hydrogen-bond donors (Lipinski definition) is 2. The first-order chi connectivity index (χ1) is 22.1. The average Bonchev–Trinajstić information content (AvgIpc) is 3.45. The van der Waals surface area contributed by atoms with Crippen LogP contribution in [0.5, 0.6) is 0 Å². The molecular formula is C33H28FN11. The Morgan fingerprint density at radius 1 is 0.867 bits per heavy atom. The van der Waals surface area contributed by atoms with E-state index in [1.165, 1.54) is 11.8 Å². The van der Waals surface area contributed by atoms with Gasteiger partial charge in [-0.05, 0) is 73.0 Å². The lowest BCUT2D eigenvalue weighted by atomic mass is 10.0. The Balaban J connectivity index is 1.14. The zero-order valence-electron chi connectivity index (χ0n) is 24.2. The number of anilines is 2. The second kappa shape index (κ2) is 12.1. The second-order valence-electron chi connectivity index (χ2n) is 10.8. The Kier molecular flexibility index (Phi) is 7.51. The normalized spacial score (nSPS) is 14.0. The van der Waals surface area contributed by atoms with Crippen LogP contribution >= 0.6 is 0 Å². The van der Waals surface area contributed by atoms with Gasteiger partial charge in [0.25, 0.3) is 0 Å². The molecule has 3 N–H and O–H groups in total. The Bertz CT molecular complexity index is 2030. The number of rotatable bonds is 7. The molecule has 0 saturated carbocycles. The fraction of sp³-hybridized carbons (Fsp3) is 0.182. The highest BCUT2D eigenvalue weighted by molar-refractivity contribution is 5.84. The summed E-state index contributed by atoms with van der Waals surface area (Å²) in [6.07, 6.45) is 6.59. The van der Waals surface area contributed by atoms with Gasteiger partial charge in [0.05, 0.1) is 16.8 Å². The first-order valence-corrected chi connectivity index (χ1v) is 14.6. The van der Waals surface area contributed by atoms with Crippen LogP contribution in [0.1, 0.15) is 24.2 Å². The van der Waals surface area contributed by atoms with Crippen LogP contribution < -0.4 is 11.1 Å². The van der Waals surface area contributed by atoms with Crippen LogP contribution in [0.3, 0.4) is 0 Å². The van der Waals surface area contributed by atoms with E-state index in [-0.39, 0.29) is 11.9 Å². The van der Waals surface area contributed by atoms with Gasteiger partial charge in [-0.1, -0.05) is 12.1 Å². The molecule has 0 amide bonds. The van der Waals surface area contributed by atoms with Crippen molar-refractivity contribution in [2.45, 2.75) is 25.4 Å². The molecule has 222 valence electrons. The van der Waals surface area contributed by atoms with Gasteiger partial charge in [0, 0.05) is 50.0 Å². The molecule has 7 rings (SSSR count). The SMILES string of the molecule is N#Cc1nccc(NC2CCN(Cc3ccc(-n4c(-c5cccnc5N)nc5ccc(-c6cccnc6F)nc54)cc3)CC2)n1. The molecule has 0 spiro atoms. The second-order valence-corrected chi connectivity index (χ2v) is 10.8. The van der Waals surface area contributed by atoms with Gasteiger partial charge in [-0.25, -0.2) is 29.9 Å². The molecule has 1 aliphatic heterocycles. The number of nitrogens with zero attached hydrogens (tertiary/aromatic N) is 9. The molecule has 1 aromatic carbocycles. The molecule has 0 aliphatic carbocycles. The van der Waals surface area contributed by atoms with E-state index in [4.69, 9.17) is 21.0 Å². The quantitative estimate of drug-likeness (QED) is 0.241. The number of nitrogen functional groups attached to an aromatic ring is 1. The lowest BCUT2D eigenvalue weighted by molar-refractivity contribution is 0.211. The van der Waals surface area contributed by atoms with Gasteiger partial charge in [-0.3, -0.25) is 9.47 Å². The van der Waals surface area contributed by atoms with Crippen molar-refractivity contribution in [2.24, 2.45) is 0 Å². The van der Waals surface area contributed by atoms with E-state index >= 15 is 0 Å². The number of benzene rings is 1. The summed E-state index contributed by atoms with van der Waals surface area (Å²) in [4.78, 5) is 28.4. The van der Waals surface area contributed by atoms with Crippen molar-refractivity contribution >= 4 is 22.8 Å². The smallest absolute Gasteiger partial charge is 0.234 e. The van der Waals surface area contributed by atoms with Crippen LogP contribution in [0, 0.1) is 17.3 Å². The Labute approximate surface area is 258 Å². The monoisotopic (exact) mass is 597 g/mol. The van der Waals surface area contributed by atoms with Gasteiger partial charge in [-0.15, -0.1) is 0 Å². The Morgan fingerprint density at radius 3 is 2.40 bits per heavy atom. The minimum absolute atomic E-state index is 0.166. The van der Waals surface area contributed by atoms with Crippen molar-refractivity contribution in [3.8, 4) is 34.4 Å². The number of fused-ring (bicyclic) bond motifs is 1. The van der Waals surface area contributed by atoms with Gasteiger partial charge in [0.2, 0.25) is 11.8 Å². The Hall–Kier alpha value is -5.80. The first kappa shape index (κ1) is 28.0. The zero-order valence-corrected chi connectivity index (χ0v) is 24.2. The molecule has 0 unspecified atom stereocenters. The van der Waals surface area contributed by atoms with Crippen LogP contribution in [0.4, 0.5) is 16.0 Å². The highest BCUT2D eigenvalue weighted by Gasteiger charge is 2.21. The molecule has 45 heavy (non-hydrogen) atoms. The van der Waals surface area contributed by atoms with Crippen molar-refractivity contribution in [1.29, 1.82) is 5.26 Å². The van der Waals surface area contributed by atoms with Crippen molar-refractivity contribution in [2.75, 3.05) is 24.1 Å². The van der Waals surface area contributed by atoms with Crippen LogP contribution in [-0.2, 0) is 6.54 Å². The van der Waals surface area contributed by atoms with E-state index in [9.17, 15) is 4.39 Å². The maximum atomic E-state index is 14.6. The standard InChI is InChI=1S/C33H28FN11/c34-30-24(3-1-14-38-30)26-9-10-27-33(41-26)45(32(42-27)25-4-2-15-39-31(25)36)23-7-5-21(6-8-23)20-44-17-12-22(13-18-44)40-28-11-16-37-29(19-35)43-28/h1-11,14-16,22H,12-13,17-18,20H2,(H2,36,39)(H,37,40,43). The summed E-state index contributed by atoms with van der Waals surface area (Å²) in [6.45, 7) is 2.68. The fourth-order valence-electron chi connectivity index (χ4n) is 5.66. The van der Waals surface area contributed by atoms with Gasteiger partial charge in [-0.2, -0.15) is 9.65 Å². The highest BCUT2D eigenvalue weighted by Crippen LogP contribution is 2.32. The molecule has 6 aromatic rings. The minimum Gasteiger partial charge on any atom is -0.383 e. The van der Waals surface area contributed by atoms with E-state index in [1.807, 2.05) is 41.0 Å². The number of nitrogens with two attached hydrogens (primary N) is 1. The molecular weight excluding hydrogens is 569 g/mol. The number of hydrogen-bond acceptors (Lipinski definition) is 10. The summed E-state index contributed by atoms with van der Waals surface area (Å²) in [5, 5.41) is 12.5. The Morgan fingerprint density at radius 2 is 1.64 bits per heavy atom. The molecule has 12 heteroatoms. The zero-order chi connectivity index (χ0) is 30.8. The maximum absolute atomic E-state index is 14.6. The van der Waals surface area contributed by atoms with E-state index in [0.717, 1.165) is 38.2 Å². The van der Waals surface area contributed by atoms with Gasteiger partial charge in [0.1, 0.15) is 23.2 Å². The van der Waals surface area contributed by atoms with Gasteiger partial charge < -0.3 is 11.1 Å². The molecule has 0 atom stereocenters. The van der Waals surface area contributed by atoms with Crippen molar-refractivity contribution in [3.05, 3.63) is 103 Å².